The number of benzene rings is 1. The van der Waals surface area contributed by atoms with E-state index in [-0.39, 0.29) is 48.0 Å². The van der Waals surface area contributed by atoms with Crippen molar-refractivity contribution < 1.29 is 0 Å². The summed E-state index contributed by atoms with van der Waals surface area (Å²) < 4.78 is 0. The quantitative estimate of drug-likeness (QED) is 0.672. The van der Waals surface area contributed by atoms with E-state index < -0.39 is 0 Å². The summed E-state index contributed by atoms with van der Waals surface area (Å²) in [6.45, 7) is 3.63. The van der Waals surface area contributed by atoms with E-state index in [1.54, 1.807) is 0 Å². The van der Waals surface area contributed by atoms with Gasteiger partial charge in [0, 0.05) is 0 Å². The lowest BCUT2D eigenvalue weighted by atomic mass is 10.2. The molecular weight excluding hydrogens is 350 g/mol. The third kappa shape index (κ3) is 4.27. The molecule has 0 N–H and O–H groups in total. The Kier molecular flexibility index (Phi) is 9.82. The Hall–Kier alpha value is 0.420. The lowest BCUT2D eigenvalue weighted by molar-refractivity contribution is 1.67. The smallest absolute Gasteiger partial charge is 0.0263 e. The van der Waals surface area contributed by atoms with E-state index in [2.05, 4.69) is 6.58 Å². The maximum absolute atomic E-state index is 3.63. The third-order valence-electron chi connectivity index (χ3n) is 1.04. The van der Waals surface area contributed by atoms with E-state index in [0.29, 0.717) is 0 Å². The maximum Gasteiger partial charge on any atom is -0.0263 e. The summed E-state index contributed by atoms with van der Waals surface area (Å²) in [5.74, 6) is 0. The molecule has 0 amide bonds. The van der Waals surface area contributed by atoms with Gasteiger partial charge in [-0.1, -0.05) is 43.0 Å². The molecule has 1 aromatic carbocycles. The second-order valence-corrected chi connectivity index (χ2v) is 1.61. The van der Waals surface area contributed by atoms with Crippen molar-refractivity contribution in [3.8, 4) is 0 Å². The summed E-state index contributed by atoms with van der Waals surface area (Å²) in [7, 11) is 0. The molecule has 1 aromatic rings. The van der Waals surface area contributed by atoms with Gasteiger partial charge in [0.15, 0.2) is 0 Å². The minimum atomic E-state index is 0. The normalized spacial score (nSPS) is 6.80. The highest BCUT2D eigenvalue weighted by Gasteiger charge is 1.75. The minimum absolute atomic E-state index is 0. The van der Waals surface area contributed by atoms with E-state index in [1.165, 1.54) is 5.56 Å². The standard InChI is InChI=1S/C8H8.2HI/c1-2-8-6-4-3-5-7-8;;/h2-7H,1H2;2*1H. The van der Waals surface area contributed by atoms with Crippen LogP contribution in [0.4, 0.5) is 0 Å². The minimum Gasteiger partial charge on any atom is -0.107 e. The zero-order valence-electron chi connectivity index (χ0n) is 5.49. The van der Waals surface area contributed by atoms with Gasteiger partial charge in [-0.05, 0) is 5.56 Å². The Morgan fingerprint density at radius 3 is 1.80 bits per heavy atom. The monoisotopic (exact) mass is 360 g/mol. The molecule has 0 nitrogen and oxygen atoms in total. The second kappa shape index (κ2) is 7.53. The van der Waals surface area contributed by atoms with Crippen molar-refractivity contribution in [1.82, 2.24) is 0 Å². The van der Waals surface area contributed by atoms with Gasteiger partial charge in [-0.3, -0.25) is 0 Å². The topological polar surface area (TPSA) is 0 Å². The SMILES string of the molecule is C=Cc1ccccc1.I.I. The van der Waals surface area contributed by atoms with Gasteiger partial charge in [-0.2, -0.15) is 0 Å². The van der Waals surface area contributed by atoms with Gasteiger partial charge in [0.1, 0.15) is 0 Å². The van der Waals surface area contributed by atoms with Gasteiger partial charge in [-0.15, -0.1) is 48.0 Å². The van der Waals surface area contributed by atoms with Gasteiger partial charge in [0.2, 0.25) is 0 Å². The van der Waals surface area contributed by atoms with Crippen molar-refractivity contribution in [2.45, 2.75) is 0 Å². The summed E-state index contributed by atoms with van der Waals surface area (Å²) >= 11 is 0. The zero-order valence-corrected chi connectivity index (χ0v) is 10.1. The fraction of sp³-hybridized carbons (Fsp3) is 0. The van der Waals surface area contributed by atoms with E-state index in [9.17, 15) is 0 Å². The Bertz CT molecular complexity index is 170. The highest BCUT2D eigenvalue weighted by molar-refractivity contribution is 14.0. The van der Waals surface area contributed by atoms with E-state index >= 15 is 0 Å². The lowest BCUT2D eigenvalue weighted by Crippen LogP contribution is -1.63. The molecule has 0 bridgehead atoms. The van der Waals surface area contributed by atoms with Crippen molar-refractivity contribution in [3.63, 3.8) is 0 Å². The van der Waals surface area contributed by atoms with Crippen molar-refractivity contribution in [1.29, 1.82) is 0 Å². The van der Waals surface area contributed by atoms with Crippen LogP contribution in [-0.2, 0) is 0 Å². The molecule has 1 rings (SSSR count). The molecular formula is C8H10I2. The van der Waals surface area contributed by atoms with Gasteiger partial charge in [-0.25, -0.2) is 0 Å². The average Bonchev–Trinajstić information content (AvgIpc) is 1.90. The molecule has 0 spiro atoms. The van der Waals surface area contributed by atoms with Crippen molar-refractivity contribution in [2.24, 2.45) is 0 Å². The molecule has 0 saturated carbocycles. The third-order valence-corrected chi connectivity index (χ3v) is 1.04. The van der Waals surface area contributed by atoms with Crippen LogP contribution in [0, 0.1) is 0 Å². The summed E-state index contributed by atoms with van der Waals surface area (Å²) in [5.41, 5.74) is 1.17. The second-order valence-electron chi connectivity index (χ2n) is 1.61. The van der Waals surface area contributed by atoms with Crippen LogP contribution >= 0.6 is 48.0 Å². The van der Waals surface area contributed by atoms with Crippen molar-refractivity contribution in [2.75, 3.05) is 0 Å². The van der Waals surface area contributed by atoms with Crippen LogP contribution in [0.25, 0.3) is 6.08 Å². The Labute approximate surface area is 95.8 Å². The number of halogens is 2. The van der Waals surface area contributed by atoms with Crippen molar-refractivity contribution >= 4 is 54.0 Å². The van der Waals surface area contributed by atoms with Gasteiger partial charge < -0.3 is 0 Å². The predicted molar refractivity (Wildman–Crippen MR) is 67.4 cm³/mol. The highest BCUT2D eigenvalue weighted by Crippen LogP contribution is 1.97. The highest BCUT2D eigenvalue weighted by atomic mass is 127. The molecule has 0 aliphatic carbocycles. The average molecular weight is 360 g/mol. The van der Waals surface area contributed by atoms with E-state index in [0.717, 1.165) is 0 Å². The van der Waals surface area contributed by atoms with E-state index in [4.69, 9.17) is 0 Å². The molecule has 0 aliphatic heterocycles. The maximum atomic E-state index is 3.63. The first-order chi connectivity index (χ1) is 3.93. The summed E-state index contributed by atoms with van der Waals surface area (Å²) in [4.78, 5) is 0. The molecule has 56 valence electrons. The van der Waals surface area contributed by atoms with Crippen LogP contribution < -0.4 is 0 Å². The Morgan fingerprint density at radius 1 is 1.00 bits per heavy atom. The van der Waals surface area contributed by atoms with Crippen LogP contribution in [0.1, 0.15) is 5.56 Å². The summed E-state index contributed by atoms with van der Waals surface area (Å²) in [6.07, 6.45) is 1.83. The summed E-state index contributed by atoms with van der Waals surface area (Å²) in [5, 5.41) is 0. The zero-order chi connectivity index (χ0) is 5.82. The van der Waals surface area contributed by atoms with Gasteiger partial charge in [0.05, 0.1) is 0 Å². The molecule has 2 heteroatoms. The van der Waals surface area contributed by atoms with Crippen LogP contribution in [0.3, 0.4) is 0 Å². The number of hydrogen-bond acceptors (Lipinski definition) is 0. The Morgan fingerprint density at radius 2 is 1.50 bits per heavy atom. The first-order valence-corrected chi connectivity index (χ1v) is 2.61. The molecule has 0 aromatic heterocycles. The van der Waals surface area contributed by atoms with Gasteiger partial charge >= 0.3 is 0 Å². The van der Waals surface area contributed by atoms with E-state index in [1.807, 2.05) is 36.4 Å². The lowest BCUT2D eigenvalue weighted by Gasteiger charge is -1.85. The van der Waals surface area contributed by atoms with Crippen LogP contribution in [-0.4, -0.2) is 0 Å². The molecule has 0 saturated heterocycles. The predicted octanol–water partition coefficient (Wildman–Crippen LogP) is 3.57. The number of rotatable bonds is 1. The molecule has 0 heterocycles. The Balaban J connectivity index is 0. The molecule has 0 aliphatic rings. The van der Waals surface area contributed by atoms with Crippen molar-refractivity contribution in [3.05, 3.63) is 42.5 Å². The van der Waals surface area contributed by atoms with Crippen LogP contribution in [0.5, 0.6) is 0 Å². The molecule has 10 heavy (non-hydrogen) atoms. The molecule has 0 atom stereocenters. The van der Waals surface area contributed by atoms with Gasteiger partial charge in [0.25, 0.3) is 0 Å². The first kappa shape index (κ1) is 13.0. The fourth-order valence-corrected chi connectivity index (χ4v) is 0.589. The largest absolute Gasteiger partial charge is 0.107 e. The number of hydrogen-bond donors (Lipinski definition) is 0. The molecule has 0 radical (unpaired) electrons. The fourth-order valence-electron chi connectivity index (χ4n) is 0.589. The summed E-state index contributed by atoms with van der Waals surface area (Å²) in [6, 6.07) is 10.0. The molecule has 0 fully saturated rings. The first-order valence-electron chi connectivity index (χ1n) is 2.61. The van der Waals surface area contributed by atoms with Crippen LogP contribution in [0.2, 0.25) is 0 Å². The van der Waals surface area contributed by atoms with Crippen LogP contribution in [0.15, 0.2) is 36.9 Å². The molecule has 0 unspecified atom stereocenters.